The molecule has 0 fully saturated rings. The zero-order valence-corrected chi connectivity index (χ0v) is 16.7. The molecule has 3 aromatic rings. The van der Waals surface area contributed by atoms with Crippen LogP contribution in [0.5, 0.6) is 28.7 Å². The molecule has 0 radical (unpaired) electrons. The smallest absolute Gasteiger partial charge is 0.164 e. The van der Waals surface area contributed by atoms with Gasteiger partial charge >= 0.3 is 0 Å². The molecule has 0 amide bonds. The summed E-state index contributed by atoms with van der Waals surface area (Å²) in [6.45, 7) is 0. The molecule has 0 spiro atoms. The zero-order valence-electron chi connectivity index (χ0n) is 15.9. The van der Waals surface area contributed by atoms with Gasteiger partial charge < -0.3 is 23.7 Å². The Balaban J connectivity index is 2.16. The highest BCUT2D eigenvalue weighted by molar-refractivity contribution is 7.10. The molecule has 27 heavy (non-hydrogen) atoms. The lowest BCUT2D eigenvalue weighted by atomic mass is 10.0. The highest BCUT2D eigenvalue weighted by Crippen LogP contribution is 2.45. The average Bonchev–Trinajstić information content (AvgIpc) is 3.21. The summed E-state index contributed by atoms with van der Waals surface area (Å²) in [6, 6.07) is 9.49. The van der Waals surface area contributed by atoms with E-state index in [4.69, 9.17) is 23.7 Å². The first kappa shape index (κ1) is 18.8. The monoisotopic (exact) mass is 387 g/mol. The van der Waals surface area contributed by atoms with E-state index in [1.807, 2.05) is 36.5 Å². The van der Waals surface area contributed by atoms with Crippen LogP contribution in [0.4, 0.5) is 0 Å². The minimum atomic E-state index is 0.607. The maximum Gasteiger partial charge on any atom is 0.164 e. The molecule has 2 aromatic carbocycles. The molecular weight excluding hydrogens is 366 g/mol. The van der Waals surface area contributed by atoms with Crippen LogP contribution in [-0.2, 0) is 0 Å². The Bertz CT molecular complexity index is 938. The van der Waals surface area contributed by atoms with Crippen molar-refractivity contribution in [2.45, 2.75) is 0 Å². The summed E-state index contributed by atoms with van der Waals surface area (Å²) in [5, 5.41) is 0. The van der Waals surface area contributed by atoms with Gasteiger partial charge in [0.1, 0.15) is 5.75 Å². The second-order valence-corrected chi connectivity index (χ2v) is 6.35. The molecule has 142 valence electrons. The van der Waals surface area contributed by atoms with Crippen molar-refractivity contribution in [1.29, 1.82) is 0 Å². The normalized spacial score (nSPS) is 10.4. The highest BCUT2D eigenvalue weighted by atomic mass is 32.1. The largest absolute Gasteiger partial charge is 0.496 e. The predicted octanol–water partition coefficient (Wildman–Crippen LogP) is 4.52. The van der Waals surface area contributed by atoms with E-state index < -0.39 is 0 Å². The minimum Gasteiger partial charge on any atom is -0.496 e. The summed E-state index contributed by atoms with van der Waals surface area (Å²) >= 11 is 1.38. The van der Waals surface area contributed by atoms with Gasteiger partial charge in [0, 0.05) is 23.4 Å². The van der Waals surface area contributed by atoms with Crippen LogP contribution in [0.3, 0.4) is 0 Å². The molecule has 0 aliphatic heterocycles. The standard InChI is InChI=1S/C20H21NO5S/c1-22-15-7-6-12(8-17(15)24-3)14-11-21-27-20(14)13-9-18(25-4)19(26-5)10-16(13)23-2/h6-11H,1-5H3. The first-order valence-electron chi connectivity index (χ1n) is 8.14. The molecule has 1 heterocycles. The number of hydrogen-bond acceptors (Lipinski definition) is 7. The van der Waals surface area contributed by atoms with Crippen molar-refractivity contribution in [3.8, 4) is 50.3 Å². The molecule has 7 heteroatoms. The minimum absolute atomic E-state index is 0.607. The van der Waals surface area contributed by atoms with Gasteiger partial charge in [-0.05, 0) is 35.3 Å². The summed E-state index contributed by atoms with van der Waals surface area (Å²) < 4.78 is 31.6. The fourth-order valence-corrected chi connectivity index (χ4v) is 3.64. The van der Waals surface area contributed by atoms with E-state index in [0.717, 1.165) is 21.6 Å². The Morgan fingerprint density at radius 2 is 1.22 bits per heavy atom. The molecule has 0 saturated carbocycles. The number of methoxy groups -OCH3 is 5. The lowest BCUT2D eigenvalue weighted by molar-refractivity contribution is 0.349. The Hall–Kier alpha value is -2.93. The van der Waals surface area contributed by atoms with Crippen molar-refractivity contribution >= 4 is 11.5 Å². The van der Waals surface area contributed by atoms with Crippen LogP contribution in [0.2, 0.25) is 0 Å². The van der Waals surface area contributed by atoms with Crippen LogP contribution >= 0.6 is 11.5 Å². The number of ether oxygens (including phenoxy) is 5. The third-order valence-electron chi connectivity index (χ3n) is 4.22. The summed E-state index contributed by atoms with van der Waals surface area (Å²) in [5.74, 6) is 3.25. The van der Waals surface area contributed by atoms with Crippen molar-refractivity contribution in [3.63, 3.8) is 0 Å². The third-order valence-corrected chi connectivity index (χ3v) is 5.05. The first-order chi connectivity index (χ1) is 13.2. The van der Waals surface area contributed by atoms with Crippen molar-refractivity contribution in [1.82, 2.24) is 4.37 Å². The van der Waals surface area contributed by atoms with Gasteiger partial charge in [-0.1, -0.05) is 6.07 Å². The van der Waals surface area contributed by atoms with Crippen LogP contribution in [-0.4, -0.2) is 39.9 Å². The Morgan fingerprint density at radius 1 is 0.630 bits per heavy atom. The maximum absolute atomic E-state index is 5.58. The molecule has 0 aliphatic carbocycles. The lowest BCUT2D eigenvalue weighted by Gasteiger charge is -2.14. The highest BCUT2D eigenvalue weighted by Gasteiger charge is 2.19. The first-order valence-corrected chi connectivity index (χ1v) is 8.91. The fraction of sp³-hybridized carbons (Fsp3) is 0.250. The van der Waals surface area contributed by atoms with Crippen molar-refractivity contribution in [2.75, 3.05) is 35.5 Å². The summed E-state index contributed by atoms with van der Waals surface area (Å²) in [6.07, 6.45) is 1.83. The third kappa shape index (κ3) is 3.50. The van der Waals surface area contributed by atoms with E-state index >= 15 is 0 Å². The molecule has 0 unspecified atom stereocenters. The van der Waals surface area contributed by atoms with Gasteiger partial charge in [-0.25, -0.2) is 0 Å². The van der Waals surface area contributed by atoms with Gasteiger partial charge in [-0.3, -0.25) is 0 Å². The molecule has 0 atom stereocenters. The van der Waals surface area contributed by atoms with Gasteiger partial charge in [-0.15, -0.1) is 0 Å². The van der Waals surface area contributed by atoms with Crippen LogP contribution in [0.25, 0.3) is 21.6 Å². The van der Waals surface area contributed by atoms with Crippen molar-refractivity contribution < 1.29 is 23.7 Å². The van der Waals surface area contributed by atoms with Crippen LogP contribution in [0.15, 0.2) is 36.5 Å². The van der Waals surface area contributed by atoms with E-state index in [9.17, 15) is 0 Å². The van der Waals surface area contributed by atoms with E-state index in [1.165, 1.54) is 11.5 Å². The molecular formula is C20H21NO5S. The van der Waals surface area contributed by atoms with E-state index in [1.54, 1.807) is 35.5 Å². The average molecular weight is 387 g/mol. The molecule has 3 rings (SSSR count). The Morgan fingerprint density at radius 3 is 1.85 bits per heavy atom. The number of benzene rings is 2. The number of aromatic nitrogens is 1. The molecule has 0 aliphatic rings. The van der Waals surface area contributed by atoms with Crippen LogP contribution in [0, 0.1) is 0 Å². The summed E-state index contributed by atoms with van der Waals surface area (Å²) in [4.78, 5) is 0.958. The number of hydrogen-bond donors (Lipinski definition) is 0. The second-order valence-electron chi connectivity index (χ2n) is 5.55. The molecule has 0 N–H and O–H groups in total. The fourth-order valence-electron chi connectivity index (χ4n) is 2.85. The van der Waals surface area contributed by atoms with Gasteiger partial charge in [0.05, 0.1) is 40.4 Å². The topological polar surface area (TPSA) is 59.0 Å². The lowest BCUT2D eigenvalue weighted by Crippen LogP contribution is -1.95. The SMILES string of the molecule is COc1ccc(-c2cnsc2-c2cc(OC)c(OC)cc2OC)cc1OC. The van der Waals surface area contributed by atoms with Crippen LogP contribution < -0.4 is 23.7 Å². The number of nitrogens with zero attached hydrogens (tertiary/aromatic N) is 1. The van der Waals surface area contributed by atoms with E-state index in [0.29, 0.717) is 28.7 Å². The molecule has 0 bridgehead atoms. The predicted molar refractivity (Wildman–Crippen MR) is 106 cm³/mol. The second kappa shape index (κ2) is 8.18. The van der Waals surface area contributed by atoms with Crippen LogP contribution in [0.1, 0.15) is 0 Å². The molecule has 6 nitrogen and oxygen atoms in total. The molecule has 1 aromatic heterocycles. The maximum atomic E-state index is 5.58. The quantitative estimate of drug-likeness (QED) is 0.594. The summed E-state index contributed by atoms with van der Waals surface area (Å²) in [7, 11) is 8.06. The molecule has 0 saturated heterocycles. The van der Waals surface area contributed by atoms with Crippen molar-refractivity contribution in [2.24, 2.45) is 0 Å². The van der Waals surface area contributed by atoms with Gasteiger partial charge in [0.2, 0.25) is 0 Å². The number of rotatable bonds is 7. The van der Waals surface area contributed by atoms with E-state index in [-0.39, 0.29) is 0 Å². The van der Waals surface area contributed by atoms with E-state index in [2.05, 4.69) is 4.37 Å². The Kier molecular flexibility index (Phi) is 5.71. The van der Waals surface area contributed by atoms with Gasteiger partial charge in [0.25, 0.3) is 0 Å². The van der Waals surface area contributed by atoms with Gasteiger partial charge in [-0.2, -0.15) is 4.37 Å². The Labute approximate surface area is 162 Å². The van der Waals surface area contributed by atoms with Gasteiger partial charge in [0.15, 0.2) is 23.0 Å². The van der Waals surface area contributed by atoms with Crippen molar-refractivity contribution in [3.05, 3.63) is 36.5 Å². The summed E-state index contributed by atoms with van der Waals surface area (Å²) in [5.41, 5.74) is 2.81. The zero-order chi connectivity index (χ0) is 19.4.